The summed E-state index contributed by atoms with van der Waals surface area (Å²) in [6.07, 6.45) is 2.53. The van der Waals surface area contributed by atoms with Crippen LogP contribution in [0, 0.1) is 17.1 Å². The van der Waals surface area contributed by atoms with E-state index in [9.17, 15) is 19.1 Å². The topological polar surface area (TPSA) is 96.6 Å². The van der Waals surface area contributed by atoms with Crippen LogP contribution in [-0.4, -0.2) is 23.7 Å². The molecule has 0 amide bonds. The van der Waals surface area contributed by atoms with Gasteiger partial charge in [0.1, 0.15) is 12.4 Å². The van der Waals surface area contributed by atoms with Crippen LogP contribution >= 0.6 is 0 Å². The number of aromatic hydroxyl groups is 1. The van der Waals surface area contributed by atoms with Gasteiger partial charge in [0.25, 0.3) is 0 Å². The van der Waals surface area contributed by atoms with E-state index in [1.54, 1.807) is 0 Å². The second kappa shape index (κ2) is 8.99. The maximum atomic E-state index is 14.1. The van der Waals surface area contributed by atoms with Crippen LogP contribution in [0.1, 0.15) is 22.3 Å². The molecule has 6 nitrogen and oxygen atoms in total. The van der Waals surface area contributed by atoms with Crippen LogP contribution in [0.2, 0.25) is 0 Å². The SMILES string of the molecule is N#CCCOC(=O)/C=C/c1ccc(OC(=O)c2ccc(O)cc2)c(F)c1. The lowest BCUT2D eigenvalue weighted by atomic mass is 10.2. The summed E-state index contributed by atoms with van der Waals surface area (Å²) in [7, 11) is 0. The van der Waals surface area contributed by atoms with E-state index in [2.05, 4.69) is 0 Å². The first kappa shape index (κ1) is 18.7. The van der Waals surface area contributed by atoms with Gasteiger partial charge >= 0.3 is 11.9 Å². The summed E-state index contributed by atoms with van der Waals surface area (Å²) in [6.45, 7) is -0.0137. The minimum atomic E-state index is -0.780. The van der Waals surface area contributed by atoms with Crippen molar-refractivity contribution in [2.45, 2.75) is 6.42 Å². The van der Waals surface area contributed by atoms with Crippen molar-refractivity contribution in [2.75, 3.05) is 6.61 Å². The van der Waals surface area contributed by atoms with Crippen molar-refractivity contribution in [3.63, 3.8) is 0 Å². The summed E-state index contributed by atoms with van der Waals surface area (Å²) in [5, 5.41) is 17.5. The minimum absolute atomic E-state index is 0.00461. The molecule has 0 bridgehead atoms. The molecule has 0 atom stereocenters. The molecule has 132 valence electrons. The quantitative estimate of drug-likeness (QED) is 0.370. The lowest BCUT2D eigenvalue weighted by Crippen LogP contribution is -2.09. The molecule has 0 aromatic heterocycles. The number of halogens is 1. The number of phenols is 1. The molecular weight excluding hydrogens is 341 g/mol. The summed E-state index contributed by atoms with van der Waals surface area (Å²) in [5.74, 6) is -2.47. The fourth-order valence-corrected chi connectivity index (χ4v) is 1.87. The summed E-state index contributed by atoms with van der Waals surface area (Å²) >= 11 is 0. The van der Waals surface area contributed by atoms with Crippen LogP contribution in [0.3, 0.4) is 0 Å². The highest BCUT2D eigenvalue weighted by molar-refractivity contribution is 5.91. The monoisotopic (exact) mass is 355 g/mol. The molecule has 0 aliphatic heterocycles. The zero-order valence-electron chi connectivity index (χ0n) is 13.5. The van der Waals surface area contributed by atoms with E-state index < -0.39 is 17.8 Å². The Morgan fingerprint density at radius 1 is 1.19 bits per heavy atom. The summed E-state index contributed by atoms with van der Waals surface area (Å²) in [5.41, 5.74) is 0.524. The fraction of sp³-hybridized carbons (Fsp3) is 0.105. The van der Waals surface area contributed by atoms with Crippen LogP contribution in [0.15, 0.2) is 48.5 Å². The lowest BCUT2D eigenvalue weighted by molar-refractivity contribution is -0.137. The van der Waals surface area contributed by atoms with Gasteiger partial charge in [-0.3, -0.25) is 0 Å². The lowest BCUT2D eigenvalue weighted by Gasteiger charge is -2.06. The van der Waals surface area contributed by atoms with Crippen LogP contribution in [0.5, 0.6) is 11.5 Å². The molecule has 2 aromatic carbocycles. The van der Waals surface area contributed by atoms with Crippen LogP contribution in [0.4, 0.5) is 4.39 Å². The maximum absolute atomic E-state index is 14.1. The molecule has 0 unspecified atom stereocenters. The molecule has 7 heteroatoms. The van der Waals surface area contributed by atoms with Gasteiger partial charge in [-0.2, -0.15) is 5.26 Å². The number of carbonyl (C=O) groups excluding carboxylic acids is 2. The van der Waals surface area contributed by atoms with Gasteiger partial charge in [-0.15, -0.1) is 0 Å². The Balaban J connectivity index is 2.00. The van der Waals surface area contributed by atoms with Crippen LogP contribution in [0.25, 0.3) is 6.08 Å². The summed E-state index contributed by atoms with van der Waals surface area (Å²) in [4.78, 5) is 23.3. The number of benzene rings is 2. The highest BCUT2D eigenvalue weighted by Gasteiger charge is 2.12. The number of esters is 2. The highest BCUT2D eigenvalue weighted by Crippen LogP contribution is 2.21. The van der Waals surface area contributed by atoms with Crippen molar-refractivity contribution < 1.29 is 28.6 Å². The Morgan fingerprint density at radius 2 is 1.92 bits per heavy atom. The van der Waals surface area contributed by atoms with E-state index in [-0.39, 0.29) is 30.1 Å². The largest absolute Gasteiger partial charge is 0.508 e. The Bertz CT molecular complexity index is 868. The number of hydrogen-bond acceptors (Lipinski definition) is 6. The van der Waals surface area contributed by atoms with Gasteiger partial charge in [0.05, 0.1) is 18.1 Å². The van der Waals surface area contributed by atoms with Gasteiger partial charge in [-0.1, -0.05) is 6.07 Å². The van der Waals surface area contributed by atoms with Crippen LogP contribution in [-0.2, 0) is 9.53 Å². The number of ether oxygens (including phenoxy) is 2. The van der Waals surface area contributed by atoms with Gasteiger partial charge in [-0.25, -0.2) is 14.0 Å². The Morgan fingerprint density at radius 3 is 2.58 bits per heavy atom. The summed E-state index contributed by atoms with van der Waals surface area (Å²) in [6, 6.07) is 11.0. The van der Waals surface area contributed by atoms with E-state index in [1.165, 1.54) is 42.5 Å². The molecule has 0 aliphatic rings. The molecule has 1 N–H and O–H groups in total. The fourth-order valence-electron chi connectivity index (χ4n) is 1.87. The Kier molecular flexibility index (Phi) is 6.46. The maximum Gasteiger partial charge on any atom is 0.343 e. The van der Waals surface area contributed by atoms with E-state index in [0.29, 0.717) is 5.56 Å². The average molecular weight is 355 g/mol. The number of nitriles is 1. The first-order valence-electron chi connectivity index (χ1n) is 7.52. The van der Waals surface area contributed by atoms with Crippen molar-refractivity contribution >= 4 is 18.0 Å². The third-order valence-corrected chi connectivity index (χ3v) is 3.13. The van der Waals surface area contributed by atoms with Gasteiger partial charge in [0.2, 0.25) is 0 Å². The molecule has 2 aromatic rings. The van der Waals surface area contributed by atoms with E-state index >= 15 is 0 Å². The molecule has 26 heavy (non-hydrogen) atoms. The van der Waals surface area contributed by atoms with Crippen molar-refractivity contribution in [2.24, 2.45) is 0 Å². The smallest absolute Gasteiger partial charge is 0.343 e. The molecule has 0 saturated carbocycles. The van der Waals surface area contributed by atoms with Crippen molar-refractivity contribution in [3.05, 3.63) is 65.5 Å². The van der Waals surface area contributed by atoms with Gasteiger partial charge in [-0.05, 0) is 48.0 Å². The number of rotatable bonds is 6. The number of nitrogens with zero attached hydrogens (tertiary/aromatic N) is 1. The zero-order chi connectivity index (χ0) is 18.9. The Labute approximate surface area is 148 Å². The number of hydrogen-bond donors (Lipinski definition) is 1. The Hall–Kier alpha value is -3.66. The third-order valence-electron chi connectivity index (χ3n) is 3.13. The predicted molar refractivity (Wildman–Crippen MR) is 89.7 cm³/mol. The predicted octanol–water partition coefficient (Wildman–Crippen LogP) is 3.22. The molecule has 0 fully saturated rings. The molecule has 0 spiro atoms. The average Bonchev–Trinajstić information content (AvgIpc) is 2.62. The second-order valence-corrected chi connectivity index (χ2v) is 5.04. The number of phenolic OH excluding ortho intramolecular Hbond substituents is 1. The normalized spacial score (nSPS) is 10.3. The molecule has 0 radical (unpaired) electrons. The molecule has 0 heterocycles. The highest BCUT2D eigenvalue weighted by atomic mass is 19.1. The summed E-state index contributed by atoms with van der Waals surface area (Å²) < 4.78 is 23.8. The van der Waals surface area contributed by atoms with Crippen molar-refractivity contribution in [1.29, 1.82) is 5.26 Å². The second-order valence-electron chi connectivity index (χ2n) is 5.04. The standard InChI is InChI=1S/C19H14FNO5/c20-16-12-13(3-9-18(23)25-11-1-10-21)2-8-17(16)26-19(24)14-4-6-15(22)7-5-14/h2-9,12,22H,1,11H2/b9-3+. The third kappa shape index (κ3) is 5.46. The van der Waals surface area contributed by atoms with E-state index in [4.69, 9.17) is 14.7 Å². The first-order chi connectivity index (χ1) is 12.5. The first-order valence-corrected chi connectivity index (χ1v) is 7.52. The molecule has 0 aliphatic carbocycles. The van der Waals surface area contributed by atoms with E-state index in [1.807, 2.05) is 6.07 Å². The van der Waals surface area contributed by atoms with E-state index in [0.717, 1.165) is 12.1 Å². The zero-order valence-corrected chi connectivity index (χ0v) is 13.5. The number of carbonyl (C=O) groups is 2. The van der Waals surface area contributed by atoms with Crippen molar-refractivity contribution in [3.8, 4) is 17.6 Å². The van der Waals surface area contributed by atoms with Gasteiger partial charge < -0.3 is 14.6 Å². The molecular formula is C19H14FNO5. The molecule has 0 saturated heterocycles. The van der Waals surface area contributed by atoms with Gasteiger partial charge in [0.15, 0.2) is 11.6 Å². The molecule has 2 rings (SSSR count). The van der Waals surface area contributed by atoms with Gasteiger partial charge in [0, 0.05) is 6.08 Å². The van der Waals surface area contributed by atoms with Crippen molar-refractivity contribution in [1.82, 2.24) is 0 Å². The van der Waals surface area contributed by atoms with Crippen LogP contribution < -0.4 is 4.74 Å². The minimum Gasteiger partial charge on any atom is -0.508 e.